The van der Waals surface area contributed by atoms with Crippen molar-refractivity contribution in [3.63, 3.8) is 0 Å². The van der Waals surface area contributed by atoms with Crippen LogP contribution in [-0.2, 0) is 6.54 Å². The van der Waals surface area contributed by atoms with Crippen molar-refractivity contribution in [3.8, 4) is 11.5 Å². The molecule has 1 aromatic carbocycles. The van der Waals surface area contributed by atoms with E-state index in [-0.39, 0.29) is 17.4 Å². The topological polar surface area (TPSA) is 54.8 Å². The van der Waals surface area contributed by atoms with Gasteiger partial charge in [-0.2, -0.15) is 0 Å². The predicted molar refractivity (Wildman–Crippen MR) is 118 cm³/mol. The van der Waals surface area contributed by atoms with Gasteiger partial charge in [-0.15, -0.1) is 0 Å². The standard InChI is InChI=1S/C25H34N2O3/c1-18(28)25(2)17-27(15-20-8-6-7-13-26-20)16-22(25)19-11-12-23(29-3)24(14-19)30-21-9-4-5-10-21/h6-8,11-14,18,21-22,28H,4-5,9-10,15-17H2,1-3H3/t18-,22+,25+/m1/s1. The fraction of sp³-hybridized carbons (Fsp3) is 0.560. The summed E-state index contributed by atoms with van der Waals surface area (Å²) in [6.07, 6.45) is 6.39. The molecule has 5 nitrogen and oxygen atoms in total. The van der Waals surface area contributed by atoms with Gasteiger partial charge in [0, 0.05) is 37.2 Å². The number of rotatable bonds is 7. The minimum absolute atomic E-state index is 0.207. The fourth-order valence-corrected chi connectivity index (χ4v) is 5.06. The Morgan fingerprint density at radius 1 is 1.20 bits per heavy atom. The van der Waals surface area contributed by atoms with Gasteiger partial charge in [0.2, 0.25) is 0 Å². The van der Waals surface area contributed by atoms with Crippen LogP contribution in [0, 0.1) is 5.41 Å². The van der Waals surface area contributed by atoms with Gasteiger partial charge in [-0.05, 0) is 62.4 Å². The average Bonchev–Trinajstić information content (AvgIpc) is 3.37. The molecule has 1 aliphatic heterocycles. The number of methoxy groups -OCH3 is 1. The second kappa shape index (κ2) is 8.94. The van der Waals surface area contributed by atoms with Crippen LogP contribution in [0.5, 0.6) is 11.5 Å². The molecule has 1 saturated carbocycles. The molecule has 0 radical (unpaired) electrons. The molecule has 30 heavy (non-hydrogen) atoms. The van der Waals surface area contributed by atoms with Crippen molar-refractivity contribution in [2.75, 3.05) is 20.2 Å². The number of hydrogen-bond donors (Lipinski definition) is 1. The van der Waals surface area contributed by atoms with E-state index in [0.717, 1.165) is 49.7 Å². The molecular weight excluding hydrogens is 376 g/mol. The number of pyridine rings is 1. The van der Waals surface area contributed by atoms with Crippen LogP contribution >= 0.6 is 0 Å². The van der Waals surface area contributed by atoms with Crippen molar-refractivity contribution in [1.82, 2.24) is 9.88 Å². The maximum atomic E-state index is 10.7. The molecule has 2 heterocycles. The highest BCUT2D eigenvalue weighted by Crippen LogP contribution is 2.47. The van der Waals surface area contributed by atoms with Crippen LogP contribution in [0.1, 0.15) is 56.7 Å². The second-order valence-corrected chi connectivity index (χ2v) is 9.16. The van der Waals surface area contributed by atoms with E-state index in [1.54, 1.807) is 7.11 Å². The van der Waals surface area contributed by atoms with E-state index >= 15 is 0 Å². The van der Waals surface area contributed by atoms with Crippen LogP contribution in [-0.4, -0.2) is 47.4 Å². The Bertz CT molecular complexity index is 836. The smallest absolute Gasteiger partial charge is 0.161 e. The van der Waals surface area contributed by atoms with E-state index in [1.165, 1.54) is 18.4 Å². The lowest BCUT2D eigenvalue weighted by molar-refractivity contribution is 0.0473. The molecule has 4 rings (SSSR count). The average molecular weight is 411 g/mol. The third-order valence-corrected chi connectivity index (χ3v) is 7.05. The van der Waals surface area contributed by atoms with Gasteiger partial charge in [-0.3, -0.25) is 9.88 Å². The highest BCUT2D eigenvalue weighted by atomic mass is 16.5. The van der Waals surface area contributed by atoms with Gasteiger partial charge in [0.1, 0.15) is 0 Å². The normalized spacial score (nSPS) is 26.1. The fourth-order valence-electron chi connectivity index (χ4n) is 5.06. The number of benzene rings is 1. The van der Waals surface area contributed by atoms with E-state index < -0.39 is 6.10 Å². The van der Waals surface area contributed by atoms with Crippen LogP contribution in [0.4, 0.5) is 0 Å². The van der Waals surface area contributed by atoms with E-state index in [1.807, 2.05) is 31.3 Å². The zero-order valence-corrected chi connectivity index (χ0v) is 18.4. The Hall–Kier alpha value is -2.11. The highest BCUT2D eigenvalue weighted by Gasteiger charge is 2.47. The van der Waals surface area contributed by atoms with Crippen LogP contribution in [0.25, 0.3) is 0 Å². The molecule has 1 aliphatic carbocycles. The first-order valence-electron chi connectivity index (χ1n) is 11.1. The van der Waals surface area contributed by atoms with Crippen molar-refractivity contribution in [1.29, 1.82) is 0 Å². The summed E-state index contributed by atoms with van der Waals surface area (Å²) in [4.78, 5) is 6.89. The van der Waals surface area contributed by atoms with Crippen molar-refractivity contribution in [2.45, 2.75) is 64.2 Å². The van der Waals surface area contributed by atoms with Crippen LogP contribution < -0.4 is 9.47 Å². The molecule has 0 amide bonds. The first-order valence-corrected chi connectivity index (χ1v) is 11.1. The molecule has 162 valence electrons. The van der Waals surface area contributed by atoms with Gasteiger partial charge in [0.05, 0.1) is 25.0 Å². The first kappa shape index (κ1) is 21.1. The molecular formula is C25H34N2O3. The minimum Gasteiger partial charge on any atom is -0.493 e. The van der Waals surface area contributed by atoms with Crippen LogP contribution in [0.15, 0.2) is 42.6 Å². The van der Waals surface area contributed by atoms with E-state index in [4.69, 9.17) is 9.47 Å². The summed E-state index contributed by atoms with van der Waals surface area (Å²) in [5, 5.41) is 10.7. The summed E-state index contributed by atoms with van der Waals surface area (Å²) < 4.78 is 11.9. The SMILES string of the molecule is COc1ccc([C@@H]2CN(Cc3ccccn3)C[C@@]2(C)[C@@H](C)O)cc1OC1CCCC1. The number of aliphatic hydroxyl groups is 1. The van der Waals surface area contributed by atoms with E-state index in [9.17, 15) is 5.11 Å². The lowest BCUT2D eigenvalue weighted by Gasteiger charge is -2.34. The lowest BCUT2D eigenvalue weighted by Crippen LogP contribution is -2.37. The molecule has 2 aromatic rings. The molecule has 0 spiro atoms. The Morgan fingerprint density at radius 3 is 2.67 bits per heavy atom. The Morgan fingerprint density at radius 2 is 2.00 bits per heavy atom. The minimum atomic E-state index is -0.419. The molecule has 1 saturated heterocycles. The molecule has 0 bridgehead atoms. The number of aliphatic hydroxyl groups excluding tert-OH is 1. The number of aromatic nitrogens is 1. The number of likely N-dealkylation sites (tertiary alicyclic amines) is 1. The molecule has 2 aliphatic rings. The second-order valence-electron chi connectivity index (χ2n) is 9.16. The largest absolute Gasteiger partial charge is 0.493 e. The van der Waals surface area contributed by atoms with E-state index in [2.05, 4.69) is 35.0 Å². The van der Waals surface area contributed by atoms with Crippen LogP contribution in [0.2, 0.25) is 0 Å². The third kappa shape index (κ3) is 4.33. The molecule has 1 N–H and O–H groups in total. The molecule has 2 fully saturated rings. The van der Waals surface area contributed by atoms with Crippen molar-refractivity contribution < 1.29 is 14.6 Å². The zero-order chi connectivity index (χ0) is 21.1. The summed E-state index contributed by atoms with van der Waals surface area (Å²) in [5.41, 5.74) is 2.02. The lowest BCUT2D eigenvalue weighted by atomic mass is 9.72. The van der Waals surface area contributed by atoms with Crippen LogP contribution in [0.3, 0.4) is 0 Å². The number of ether oxygens (including phenoxy) is 2. The summed E-state index contributed by atoms with van der Waals surface area (Å²) >= 11 is 0. The van der Waals surface area contributed by atoms with E-state index in [0.29, 0.717) is 0 Å². The van der Waals surface area contributed by atoms with Crippen molar-refractivity contribution in [2.24, 2.45) is 5.41 Å². The maximum Gasteiger partial charge on any atom is 0.161 e. The maximum absolute atomic E-state index is 10.7. The van der Waals surface area contributed by atoms with Gasteiger partial charge < -0.3 is 14.6 Å². The summed E-state index contributed by atoms with van der Waals surface area (Å²) in [5.74, 6) is 1.82. The first-order chi connectivity index (χ1) is 14.5. The summed E-state index contributed by atoms with van der Waals surface area (Å²) in [7, 11) is 1.70. The molecule has 0 unspecified atom stereocenters. The molecule has 3 atom stereocenters. The molecule has 5 heteroatoms. The Labute approximate surface area is 180 Å². The van der Waals surface area contributed by atoms with Gasteiger partial charge in [-0.1, -0.05) is 19.1 Å². The van der Waals surface area contributed by atoms with Gasteiger partial charge in [-0.25, -0.2) is 0 Å². The number of hydrogen-bond acceptors (Lipinski definition) is 5. The quantitative estimate of drug-likeness (QED) is 0.733. The highest BCUT2D eigenvalue weighted by molar-refractivity contribution is 5.45. The third-order valence-electron chi connectivity index (χ3n) is 7.05. The van der Waals surface area contributed by atoms with Crippen molar-refractivity contribution >= 4 is 0 Å². The predicted octanol–water partition coefficient (Wildman–Crippen LogP) is 4.40. The van der Waals surface area contributed by atoms with Gasteiger partial charge in [0.15, 0.2) is 11.5 Å². The Kier molecular flexibility index (Phi) is 6.30. The Balaban J connectivity index is 1.59. The number of nitrogens with zero attached hydrogens (tertiary/aromatic N) is 2. The monoisotopic (exact) mass is 410 g/mol. The molecule has 1 aromatic heterocycles. The van der Waals surface area contributed by atoms with Crippen molar-refractivity contribution in [3.05, 3.63) is 53.9 Å². The van der Waals surface area contributed by atoms with Gasteiger partial charge in [0.25, 0.3) is 0 Å². The van der Waals surface area contributed by atoms with Gasteiger partial charge >= 0.3 is 0 Å². The zero-order valence-electron chi connectivity index (χ0n) is 18.4. The summed E-state index contributed by atoms with van der Waals surface area (Å²) in [6, 6.07) is 12.3. The summed E-state index contributed by atoms with van der Waals surface area (Å²) in [6.45, 7) is 6.62.